The van der Waals surface area contributed by atoms with Gasteiger partial charge in [-0.2, -0.15) is 0 Å². The van der Waals surface area contributed by atoms with E-state index in [1.54, 1.807) is 6.07 Å². The fourth-order valence-electron chi connectivity index (χ4n) is 2.84. The standard InChI is InChI=1S/C17H26N2O2/c1-3-18-15-7-5-4-6-14(15)16(20)19-12-17(21)10-8-13(2)9-11-17/h4-7,13,18,21H,3,8-12H2,1-2H3,(H,19,20). The summed E-state index contributed by atoms with van der Waals surface area (Å²) < 4.78 is 0. The van der Waals surface area contributed by atoms with E-state index >= 15 is 0 Å². The first-order valence-corrected chi connectivity index (χ1v) is 7.87. The molecule has 1 aliphatic carbocycles. The Balaban J connectivity index is 1.96. The van der Waals surface area contributed by atoms with Crippen molar-refractivity contribution in [2.45, 2.75) is 45.1 Å². The second-order valence-electron chi connectivity index (χ2n) is 6.17. The Labute approximate surface area is 126 Å². The molecule has 1 fully saturated rings. The highest BCUT2D eigenvalue weighted by atomic mass is 16.3. The summed E-state index contributed by atoms with van der Waals surface area (Å²) in [5.41, 5.74) is 0.726. The number of anilines is 1. The van der Waals surface area contributed by atoms with Gasteiger partial charge in [0.2, 0.25) is 0 Å². The zero-order valence-electron chi connectivity index (χ0n) is 13.0. The molecule has 116 valence electrons. The number of nitrogens with one attached hydrogen (secondary N) is 2. The quantitative estimate of drug-likeness (QED) is 0.781. The summed E-state index contributed by atoms with van der Waals surface area (Å²) in [6.07, 6.45) is 3.59. The van der Waals surface area contributed by atoms with Gasteiger partial charge in [0.05, 0.1) is 11.2 Å². The highest BCUT2D eigenvalue weighted by Crippen LogP contribution is 2.31. The minimum Gasteiger partial charge on any atom is -0.388 e. The summed E-state index contributed by atoms with van der Waals surface area (Å²) in [5.74, 6) is 0.550. The summed E-state index contributed by atoms with van der Waals surface area (Å²) >= 11 is 0. The third-order valence-electron chi connectivity index (χ3n) is 4.32. The average Bonchev–Trinajstić information content (AvgIpc) is 2.49. The van der Waals surface area contributed by atoms with Crippen LogP contribution in [0, 0.1) is 5.92 Å². The van der Waals surface area contributed by atoms with Crippen molar-refractivity contribution in [1.82, 2.24) is 5.32 Å². The van der Waals surface area contributed by atoms with E-state index in [0.717, 1.165) is 37.9 Å². The lowest BCUT2D eigenvalue weighted by Gasteiger charge is -2.35. The Hall–Kier alpha value is -1.55. The van der Waals surface area contributed by atoms with Gasteiger partial charge in [-0.05, 0) is 50.7 Å². The average molecular weight is 290 g/mol. The predicted molar refractivity (Wildman–Crippen MR) is 85.5 cm³/mol. The van der Waals surface area contributed by atoms with Gasteiger partial charge < -0.3 is 15.7 Å². The van der Waals surface area contributed by atoms with Crippen LogP contribution in [0.3, 0.4) is 0 Å². The molecule has 1 saturated carbocycles. The van der Waals surface area contributed by atoms with Gasteiger partial charge in [0, 0.05) is 18.8 Å². The van der Waals surface area contributed by atoms with Crippen LogP contribution < -0.4 is 10.6 Å². The minimum atomic E-state index is -0.741. The van der Waals surface area contributed by atoms with E-state index in [4.69, 9.17) is 0 Å². The van der Waals surface area contributed by atoms with E-state index in [2.05, 4.69) is 17.6 Å². The van der Waals surface area contributed by atoms with Crippen molar-refractivity contribution in [2.75, 3.05) is 18.4 Å². The smallest absolute Gasteiger partial charge is 0.253 e. The Kier molecular flexibility index (Phi) is 5.23. The fourth-order valence-corrected chi connectivity index (χ4v) is 2.84. The van der Waals surface area contributed by atoms with Crippen LogP contribution in [0.4, 0.5) is 5.69 Å². The van der Waals surface area contributed by atoms with Crippen LogP contribution in [0.2, 0.25) is 0 Å². The first-order chi connectivity index (χ1) is 10.0. The molecule has 21 heavy (non-hydrogen) atoms. The Bertz CT molecular complexity index is 479. The van der Waals surface area contributed by atoms with Crippen LogP contribution in [0.25, 0.3) is 0 Å². The summed E-state index contributed by atoms with van der Waals surface area (Å²) in [6, 6.07) is 7.47. The predicted octanol–water partition coefficient (Wildman–Crippen LogP) is 2.79. The van der Waals surface area contributed by atoms with Gasteiger partial charge in [-0.25, -0.2) is 0 Å². The third-order valence-corrected chi connectivity index (χ3v) is 4.32. The van der Waals surface area contributed by atoms with Gasteiger partial charge >= 0.3 is 0 Å². The number of amides is 1. The summed E-state index contributed by atoms with van der Waals surface area (Å²) in [4.78, 5) is 12.3. The maximum Gasteiger partial charge on any atom is 0.253 e. The van der Waals surface area contributed by atoms with Crippen molar-refractivity contribution in [3.63, 3.8) is 0 Å². The maximum absolute atomic E-state index is 12.3. The molecule has 1 aromatic carbocycles. The fraction of sp³-hybridized carbons (Fsp3) is 0.588. The van der Waals surface area contributed by atoms with Gasteiger partial charge in [0.1, 0.15) is 0 Å². The number of para-hydroxylation sites is 1. The Morgan fingerprint density at radius 3 is 2.67 bits per heavy atom. The number of hydrogen-bond acceptors (Lipinski definition) is 3. The highest BCUT2D eigenvalue weighted by Gasteiger charge is 2.32. The molecule has 0 spiro atoms. The van der Waals surface area contributed by atoms with Gasteiger partial charge in [-0.3, -0.25) is 4.79 Å². The lowest BCUT2D eigenvalue weighted by Crippen LogP contribution is -2.45. The highest BCUT2D eigenvalue weighted by molar-refractivity contribution is 5.99. The van der Waals surface area contributed by atoms with Crippen molar-refractivity contribution in [3.05, 3.63) is 29.8 Å². The normalized spacial score (nSPS) is 25.4. The zero-order valence-corrected chi connectivity index (χ0v) is 13.0. The van der Waals surface area contributed by atoms with Gasteiger partial charge in [0.25, 0.3) is 5.91 Å². The summed E-state index contributed by atoms with van der Waals surface area (Å²) in [7, 11) is 0. The SMILES string of the molecule is CCNc1ccccc1C(=O)NCC1(O)CCC(C)CC1. The zero-order chi connectivity index (χ0) is 15.3. The molecule has 0 radical (unpaired) electrons. The number of carbonyl (C=O) groups excluding carboxylic acids is 1. The van der Waals surface area contributed by atoms with Crippen LogP contribution in [-0.2, 0) is 0 Å². The number of benzene rings is 1. The van der Waals surface area contributed by atoms with Crippen LogP contribution >= 0.6 is 0 Å². The van der Waals surface area contributed by atoms with Crippen LogP contribution in [0.1, 0.15) is 49.9 Å². The van der Waals surface area contributed by atoms with E-state index in [9.17, 15) is 9.90 Å². The van der Waals surface area contributed by atoms with Crippen molar-refractivity contribution >= 4 is 11.6 Å². The molecular weight excluding hydrogens is 264 g/mol. The van der Waals surface area contributed by atoms with Crippen LogP contribution in [-0.4, -0.2) is 29.7 Å². The third kappa shape index (κ3) is 4.21. The van der Waals surface area contributed by atoms with Gasteiger partial charge in [-0.1, -0.05) is 19.1 Å². The molecule has 0 heterocycles. The van der Waals surface area contributed by atoms with Crippen molar-refractivity contribution < 1.29 is 9.90 Å². The molecule has 1 aromatic rings. The molecule has 4 nitrogen and oxygen atoms in total. The first-order valence-electron chi connectivity index (χ1n) is 7.87. The van der Waals surface area contributed by atoms with Crippen molar-refractivity contribution in [3.8, 4) is 0 Å². The van der Waals surface area contributed by atoms with Crippen LogP contribution in [0.15, 0.2) is 24.3 Å². The molecule has 0 aliphatic heterocycles. The van der Waals surface area contributed by atoms with E-state index in [-0.39, 0.29) is 5.91 Å². The second-order valence-corrected chi connectivity index (χ2v) is 6.17. The van der Waals surface area contributed by atoms with Gasteiger partial charge in [-0.15, -0.1) is 0 Å². The molecule has 0 saturated heterocycles. The molecule has 2 rings (SSSR count). The van der Waals surface area contributed by atoms with Gasteiger partial charge in [0.15, 0.2) is 0 Å². The summed E-state index contributed by atoms with van der Waals surface area (Å²) in [6.45, 7) is 5.32. The van der Waals surface area contributed by atoms with E-state index in [1.807, 2.05) is 25.1 Å². The molecule has 0 unspecified atom stereocenters. The molecule has 4 heteroatoms. The number of rotatable bonds is 5. The largest absolute Gasteiger partial charge is 0.388 e. The first kappa shape index (κ1) is 15.8. The second kappa shape index (κ2) is 6.94. The molecular formula is C17H26N2O2. The Morgan fingerprint density at radius 1 is 1.33 bits per heavy atom. The Morgan fingerprint density at radius 2 is 2.00 bits per heavy atom. The maximum atomic E-state index is 12.3. The lowest BCUT2D eigenvalue weighted by molar-refractivity contribution is -0.00539. The molecule has 3 N–H and O–H groups in total. The van der Waals surface area contributed by atoms with Crippen LogP contribution in [0.5, 0.6) is 0 Å². The molecule has 1 amide bonds. The van der Waals surface area contributed by atoms with E-state index in [1.165, 1.54) is 0 Å². The topological polar surface area (TPSA) is 61.4 Å². The van der Waals surface area contributed by atoms with Crippen molar-refractivity contribution in [1.29, 1.82) is 0 Å². The lowest BCUT2D eigenvalue weighted by atomic mass is 9.79. The molecule has 1 aliphatic rings. The number of hydrogen-bond donors (Lipinski definition) is 3. The van der Waals surface area contributed by atoms with E-state index in [0.29, 0.717) is 18.0 Å². The van der Waals surface area contributed by atoms with Crippen molar-refractivity contribution in [2.24, 2.45) is 5.92 Å². The molecule has 0 atom stereocenters. The summed E-state index contributed by atoms with van der Waals surface area (Å²) in [5, 5.41) is 16.6. The molecule has 0 aromatic heterocycles. The molecule has 0 bridgehead atoms. The minimum absolute atomic E-state index is 0.126. The number of aliphatic hydroxyl groups is 1. The monoisotopic (exact) mass is 290 g/mol. The number of carbonyl (C=O) groups is 1. The van der Waals surface area contributed by atoms with E-state index < -0.39 is 5.60 Å².